The molecule has 0 atom stereocenters. The summed E-state index contributed by atoms with van der Waals surface area (Å²) in [5.74, 6) is 0. The fourth-order valence-electron chi connectivity index (χ4n) is 1.89. The van der Waals surface area contributed by atoms with Crippen LogP contribution in [0, 0.1) is 0 Å². The first-order valence-electron chi connectivity index (χ1n) is 6.73. The van der Waals surface area contributed by atoms with Crippen molar-refractivity contribution in [3.63, 3.8) is 0 Å². The molecule has 0 saturated carbocycles. The van der Waals surface area contributed by atoms with Gasteiger partial charge in [-0.25, -0.2) is 0 Å². The van der Waals surface area contributed by atoms with Crippen LogP contribution in [0.4, 0.5) is 0 Å². The van der Waals surface area contributed by atoms with Crippen molar-refractivity contribution in [2.24, 2.45) is 0 Å². The highest BCUT2D eigenvalue weighted by Crippen LogP contribution is 2.09. The molecule has 0 unspecified atom stereocenters. The first-order chi connectivity index (χ1) is 8.74. The smallest absolute Gasteiger partial charge is 0.228 e. The predicted molar refractivity (Wildman–Crippen MR) is 80.2 cm³/mol. The van der Waals surface area contributed by atoms with Gasteiger partial charge in [-0.1, -0.05) is 50.8 Å². The van der Waals surface area contributed by atoms with Crippen LogP contribution in [0.2, 0.25) is 0 Å². The highest BCUT2D eigenvalue weighted by atomic mass is 79.9. The molecule has 0 aliphatic rings. The molecule has 0 saturated heterocycles. The van der Waals surface area contributed by atoms with Crippen molar-refractivity contribution in [1.82, 2.24) is 5.32 Å². The van der Waals surface area contributed by atoms with Crippen molar-refractivity contribution < 1.29 is 4.79 Å². The summed E-state index contributed by atoms with van der Waals surface area (Å²) in [5, 5.41) is 3.42. The van der Waals surface area contributed by atoms with Gasteiger partial charge in [0.1, 0.15) is 0 Å². The van der Waals surface area contributed by atoms with Crippen LogP contribution < -0.4 is 5.32 Å². The van der Waals surface area contributed by atoms with Crippen molar-refractivity contribution in [2.75, 3.05) is 6.54 Å². The van der Waals surface area contributed by atoms with Gasteiger partial charge in [0.2, 0.25) is 4.69 Å². The van der Waals surface area contributed by atoms with Gasteiger partial charge in [-0.2, -0.15) is 0 Å². The maximum Gasteiger partial charge on any atom is 0.228 e. The number of rotatable bonds is 9. The summed E-state index contributed by atoms with van der Waals surface area (Å²) in [5.41, 5.74) is 1.88. The summed E-state index contributed by atoms with van der Waals surface area (Å²) < 4.78 is -0.0519. The molecule has 1 N–H and O–H groups in total. The average Bonchev–Trinajstić information content (AvgIpc) is 2.38. The number of halogens is 1. The molecule has 1 aromatic rings. The number of unbranched alkanes of at least 4 members (excludes halogenated alkanes) is 4. The van der Waals surface area contributed by atoms with Gasteiger partial charge < -0.3 is 5.32 Å². The number of carbonyl (C=O) groups is 1. The zero-order chi connectivity index (χ0) is 13.2. The van der Waals surface area contributed by atoms with E-state index in [1.807, 2.05) is 24.3 Å². The van der Waals surface area contributed by atoms with E-state index in [9.17, 15) is 4.79 Å². The van der Waals surface area contributed by atoms with Gasteiger partial charge in [0.25, 0.3) is 0 Å². The molecule has 100 valence electrons. The Hall–Kier alpha value is -0.670. The van der Waals surface area contributed by atoms with E-state index in [2.05, 4.69) is 28.2 Å². The van der Waals surface area contributed by atoms with Crippen molar-refractivity contribution in [3.8, 4) is 0 Å². The van der Waals surface area contributed by atoms with E-state index in [-0.39, 0.29) is 4.69 Å². The molecule has 0 radical (unpaired) electrons. The second-order valence-corrected chi connectivity index (χ2v) is 5.29. The average molecular weight is 312 g/mol. The Morgan fingerprint density at radius 2 is 2.00 bits per heavy atom. The Bertz CT molecular complexity index is 365. The summed E-state index contributed by atoms with van der Waals surface area (Å²) >= 11 is 2.97. The van der Waals surface area contributed by atoms with Gasteiger partial charge in [0.05, 0.1) is 0 Å². The molecule has 0 heterocycles. The molecule has 1 aromatic carbocycles. The SMILES string of the molecule is CCCCCCCNCc1cccc(C(=O)Br)c1. The maximum atomic E-state index is 11.2. The lowest BCUT2D eigenvalue weighted by atomic mass is 10.1. The van der Waals surface area contributed by atoms with Crippen LogP contribution in [-0.4, -0.2) is 11.2 Å². The van der Waals surface area contributed by atoms with Crippen LogP contribution in [0.15, 0.2) is 24.3 Å². The Kier molecular flexibility index (Phi) is 7.94. The standard InChI is InChI=1S/C15H22BrNO/c1-2-3-4-5-6-10-17-12-13-8-7-9-14(11-13)15(16)18/h7-9,11,17H,2-6,10,12H2,1H3. The molecule has 0 amide bonds. The molecule has 0 aliphatic heterocycles. The zero-order valence-corrected chi connectivity index (χ0v) is 12.6. The first-order valence-corrected chi connectivity index (χ1v) is 7.53. The van der Waals surface area contributed by atoms with Gasteiger partial charge in [0.15, 0.2) is 0 Å². The van der Waals surface area contributed by atoms with Crippen molar-refractivity contribution in [2.45, 2.75) is 45.6 Å². The third kappa shape index (κ3) is 6.31. The third-order valence-electron chi connectivity index (χ3n) is 2.94. The molecule has 0 bridgehead atoms. The number of hydrogen-bond donors (Lipinski definition) is 1. The molecule has 1 rings (SSSR count). The molecule has 2 nitrogen and oxygen atoms in total. The number of nitrogens with one attached hydrogen (secondary N) is 1. The molecule has 0 fully saturated rings. The van der Waals surface area contributed by atoms with Gasteiger partial charge in [0, 0.05) is 12.1 Å². The minimum absolute atomic E-state index is 0.0519. The topological polar surface area (TPSA) is 29.1 Å². The second kappa shape index (κ2) is 9.29. The van der Waals surface area contributed by atoms with E-state index in [0.717, 1.165) is 24.2 Å². The molecular weight excluding hydrogens is 290 g/mol. The summed E-state index contributed by atoms with van der Waals surface area (Å²) in [4.78, 5) is 11.2. The van der Waals surface area contributed by atoms with Crippen LogP contribution >= 0.6 is 15.9 Å². The van der Waals surface area contributed by atoms with Crippen molar-refractivity contribution >= 4 is 20.6 Å². The largest absolute Gasteiger partial charge is 0.313 e. The summed E-state index contributed by atoms with van der Waals surface area (Å²) in [6.07, 6.45) is 6.51. The van der Waals surface area contributed by atoms with Gasteiger partial charge in [-0.15, -0.1) is 0 Å². The normalized spacial score (nSPS) is 10.6. The Morgan fingerprint density at radius 3 is 2.72 bits per heavy atom. The molecule has 0 spiro atoms. The van der Waals surface area contributed by atoms with Crippen molar-refractivity contribution in [3.05, 3.63) is 35.4 Å². The summed E-state index contributed by atoms with van der Waals surface area (Å²) in [6, 6.07) is 7.72. The highest BCUT2D eigenvalue weighted by molar-refractivity contribution is 9.18. The van der Waals surface area contributed by atoms with Gasteiger partial charge >= 0.3 is 0 Å². The Labute approximate surface area is 118 Å². The predicted octanol–water partition coefficient (Wildman–Crippen LogP) is 4.28. The molecule has 3 heteroatoms. The maximum absolute atomic E-state index is 11.2. The quantitative estimate of drug-likeness (QED) is 0.544. The lowest BCUT2D eigenvalue weighted by Crippen LogP contribution is -2.14. The third-order valence-corrected chi connectivity index (χ3v) is 3.40. The zero-order valence-electron chi connectivity index (χ0n) is 11.0. The second-order valence-electron chi connectivity index (χ2n) is 4.57. The highest BCUT2D eigenvalue weighted by Gasteiger charge is 2.01. The van der Waals surface area contributed by atoms with Crippen LogP contribution in [-0.2, 0) is 6.54 Å². The molecule has 18 heavy (non-hydrogen) atoms. The first kappa shape index (κ1) is 15.4. The van der Waals surface area contributed by atoms with E-state index in [0.29, 0.717) is 0 Å². The molecule has 0 aliphatic carbocycles. The minimum Gasteiger partial charge on any atom is -0.313 e. The van der Waals surface area contributed by atoms with Crippen LogP contribution in [0.1, 0.15) is 54.9 Å². The number of benzene rings is 1. The van der Waals surface area contributed by atoms with Gasteiger partial charge in [-0.05, 0) is 40.5 Å². The van der Waals surface area contributed by atoms with Crippen LogP contribution in [0.25, 0.3) is 0 Å². The van der Waals surface area contributed by atoms with E-state index in [1.165, 1.54) is 32.1 Å². The number of hydrogen-bond acceptors (Lipinski definition) is 2. The van der Waals surface area contributed by atoms with E-state index in [1.54, 1.807) is 0 Å². The number of carbonyl (C=O) groups excluding carboxylic acids is 1. The van der Waals surface area contributed by atoms with E-state index < -0.39 is 0 Å². The van der Waals surface area contributed by atoms with Crippen molar-refractivity contribution in [1.29, 1.82) is 0 Å². The van der Waals surface area contributed by atoms with Gasteiger partial charge in [-0.3, -0.25) is 4.79 Å². The molecular formula is C15H22BrNO. The lowest BCUT2D eigenvalue weighted by Gasteiger charge is -2.05. The monoisotopic (exact) mass is 311 g/mol. The molecule has 0 aromatic heterocycles. The van der Waals surface area contributed by atoms with E-state index >= 15 is 0 Å². The Balaban J connectivity index is 2.19. The van der Waals surface area contributed by atoms with Crippen LogP contribution in [0.3, 0.4) is 0 Å². The summed E-state index contributed by atoms with van der Waals surface area (Å²) in [7, 11) is 0. The minimum atomic E-state index is -0.0519. The fourth-order valence-corrected chi connectivity index (χ4v) is 2.14. The lowest BCUT2D eigenvalue weighted by molar-refractivity contribution is 0.109. The van der Waals surface area contributed by atoms with E-state index in [4.69, 9.17) is 0 Å². The fraction of sp³-hybridized carbons (Fsp3) is 0.533. The van der Waals surface area contributed by atoms with Crippen LogP contribution in [0.5, 0.6) is 0 Å². The Morgan fingerprint density at radius 1 is 1.22 bits per heavy atom. The summed E-state index contributed by atoms with van der Waals surface area (Å²) in [6.45, 7) is 4.12.